The molecule has 1 amide bonds. The van der Waals surface area contributed by atoms with Gasteiger partial charge in [0.2, 0.25) is 5.91 Å². The molecule has 0 radical (unpaired) electrons. The minimum atomic E-state index is 0.0616. The number of amides is 1. The number of carbonyl (C=O) groups is 1. The normalized spacial score (nSPS) is 19.1. The molecule has 176 valence electrons. The molecule has 2 aliphatic rings. The van der Waals surface area contributed by atoms with Crippen molar-refractivity contribution in [1.29, 1.82) is 0 Å². The van der Waals surface area contributed by atoms with Crippen molar-refractivity contribution in [2.45, 2.75) is 32.7 Å². The highest BCUT2D eigenvalue weighted by atomic mass is 16.1. The van der Waals surface area contributed by atoms with Gasteiger partial charge in [-0.25, -0.2) is 9.98 Å². The number of anilines is 2. The van der Waals surface area contributed by atoms with E-state index in [2.05, 4.69) is 56.7 Å². The molecule has 0 aliphatic carbocycles. The van der Waals surface area contributed by atoms with Crippen LogP contribution in [-0.2, 0) is 11.3 Å². The van der Waals surface area contributed by atoms with Crippen LogP contribution in [0.1, 0.15) is 37.3 Å². The van der Waals surface area contributed by atoms with E-state index >= 15 is 0 Å². The number of hydrogen-bond acceptors (Lipinski definition) is 5. The van der Waals surface area contributed by atoms with E-state index in [0.717, 1.165) is 62.3 Å². The maximum absolute atomic E-state index is 12.1. The number of pyridine rings is 1. The number of piperazine rings is 1. The number of nitrogens with zero attached hydrogens (tertiary/aromatic N) is 4. The highest BCUT2D eigenvalue weighted by Gasteiger charge is 2.24. The van der Waals surface area contributed by atoms with E-state index in [-0.39, 0.29) is 11.8 Å². The van der Waals surface area contributed by atoms with Gasteiger partial charge in [0.05, 0.1) is 6.54 Å². The van der Waals surface area contributed by atoms with Crippen molar-refractivity contribution >= 4 is 23.4 Å². The van der Waals surface area contributed by atoms with Crippen molar-refractivity contribution in [3.8, 4) is 0 Å². The summed E-state index contributed by atoms with van der Waals surface area (Å²) in [6.45, 7) is 11.5. The van der Waals surface area contributed by atoms with E-state index < -0.39 is 0 Å². The third-order valence-corrected chi connectivity index (χ3v) is 6.34. The first kappa shape index (κ1) is 23.0. The van der Waals surface area contributed by atoms with Crippen molar-refractivity contribution in [2.75, 3.05) is 56.0 Å². The fraction of sp³-hybridized carbons (Fsp3) is 0.480. The van der Waals surface area contributed by atoms with Gasteiger partial charge in [0, 0.05) is 63.5 Å². The molecule has 4 rings (SSSR count). The maximum atomic E-state index is 12.1. The number of hydrogen-bond donors (Lipinski definition) is 3. The third kappa shape index (κ3) is 6.01. The van der Waals surface area contributed by atoms with E-state index in [1.165, 1.54) is 5.56 Å². The lowest BCUT2D eigenvalue weighted by Crippen LogP contribution is -2.46. The maximum Gasteiger partial charge on any atom is 0.225 e. The molecule has 0 spiro atoms. The summed E-state index contributed by atoms with van der Waals surface area (Å²) in [4.78, 5) is 26.3. The Morgan fingerprint density at radius 2 is 1.97 bits per heavy atom. The van der Waals surface area contributed by atoms with Crippen molar-refractivity contribution in [2.24, 2.45) is 4.99 Å². The first-order chi connectivity index (χ1) is 16.2. The molecule has 3 heterocycles. The highest BCUT2D eigenvalue weighted by Crippen LogP contribution is 2.31. The van der Waals surface area contributed by atoms with Crippen molar-refractivity contribution < 1.29 is 4.79 Å². The van der Waals surface area contributed by atoms with Gasteiger partial charge in [-0.05, 0) is 42.8 Å². The van der Waals surface area contributed by atoms with Crippen LogP contribution in [-0.4, -0.2) is 67.6 Å². The summed E-state index contributed by atoms with van der Waals surface area (Å²) in [5.41, 5.74) is 3.21. The average Bonchev–Trinajstić information content (AvgIpc) is 2.85. The molecule has 8 heteroatoms. The van der Waals surface area contributed by atoms with Gasteiger partial charge in [-0.3, -0.25) is 4.79 Å². The summed E-state index contributed by atoms with van der Waals surface area (Å²) in [6.07, 6.45) is 2.35. The van der Waals surface area contributed by atoms with E-state index in [9.17, 15) is 4.79 Å². The summed E-state index contributed by atoms with van der Waals surface area (Å²) in [5.74, 6) is 1.97. The van der Waals surface area contributed by atoms with Crippen LogP contribution in [0.3, 0.4) is 0 Å². The Kier molecular flexibility index (Phi) is 7.78. The number of carbonyl (C=O) groups excluding carboxylic acids is 1. The van der Waals surface area contributed by atoms with Crippen LogP contribution in [0, 0.1) is 0 Å². The predicted octanol–water partition coefficient (Wildman–Crippen LogP) is 2.40. The van der Waals surface area contributed by atoms with Crippen LogP contribution in [0.5, 0.6) is 0 Å². The van der Waals surface area contributed by atoms with Crippen LogP contribution < -0.4 is 20.9 Å². The van der Waals surface area contributed by atoms with Gasteiger partial charge in [0.25, 0.3) is 0 Å². The minimum absolute atomic E-state index is 0.0616. The topological polar surface area (TPSA) is 84.9 Å². The van der Waals surface area contributed by atoms with Crippen LogP contribution in [0.2, 0.25) is 0 Å². The first-order valence-electron chi connectivity index (χ1n) is 12.0. The lowest BCUT2D eigenvalue weighted by Gasteiger charge is -2.34. The van der Waals surface area contributed by atoms with Gasteiger partial charge < -0.3 is 25.8 Å². The lowest BCUT2D eigenvalue weighted by atomic mass is 9.90. The van der Waals surface area contributed by atoms with Gasteiger partial charge in [-0.2, -0.15) is 0 Å². The molecule has 1 aromatic heterocycles. The molecule has 2 aliphatic heterocycles. The van der Waals surface area contributed by atoms with Gasteiger partial charge in [0.15, 0.2) is 5.96 Å². The Balaban J connectivity index is 1.38. The number of para-hydroxylation sites is 1. The molecule has 0 bridgehead atoms. The van der Waals surface area contributed by atoms with Gasteiger partial charge in [0.1, 0.15) is 5.82 Å². The second-order valence-electron chi connectivity index (χ2n) is 8.56. The lowest BCUT2D eigenvalue weighted by molar-refractivity contribution is -0.116. The average molecular weight is 450 g/mol. The number of likely N-dealkylation sites (N-methyl/N-ethyl adjacent to an activating group) is 1. The molecule has 8 nitrogen and oxygen atoms in total. The highest BCUT2D eigenvalue weighted by molar-refractivity contribution is 5.94. The monoisotopic (exact) mass is 449 g/mol. The van der Waals surface area contributed by atoms with Crippen molar-refractivity contribution in [3.63, 3.8) is 0 Å². The van der Waals surface area contributed by atoms with E-state index in [1.807, 2.05) is 30.5 Å². The van der Waals surface area contributed by atoms with Gasteiger partial charge >= 0.3 is 0 Å². The zero-order valence-corrected chi connectivity index (χ0v) is 19.7. The van der Waals surface area contributed by atoms with Crippen molar-refractivity contribution in [1.82, 2.24) is 20.5 Å². The van der Waals surface area contributed by atoms with Crippen LogP contribution in [0.15, 0.2) is 47.6 Å². The second-order valence-corrected chi connectivity index (χ2v) is 8.56. The fourth-order valence-corrected chi connectivity index (χ4v) is 4.44. The van der Waals surface area contributed by atoms with Crippen LogP contribution in [0.4, 0.5) is 11.5 Å². The number of aromatic nitrogens is 1. The summed E-state index contributed by atoms with van der Waals surface area (Å²) >= 11 is 0. The molecule has 33 heavy (non-hydrogen) atoms. The molecule has 1 atom stereocenters. The quantitative estimate of drug-likeness (QED) is 0.445. The van der Waals surface area contributed by atoms with E-state index in [4.69, 9.17) is 4.99 Å². The molecule has 0 saturated carbocycles. The van der Waals surface area contributed by atoms with E-state index in [1.54, 1.807) is 0 Å². The Morgan fingerprint density at radius 1 is 1.15 bits per heavy atom. The zero-order chi connectivity index (χ0) is 23.0. The number of benzene rings is 1. The van der Waals surface area contributed by atoms with Crippen molar-refractivity contribution in [3.05, 3.63) is 53.7 Å². The Hall–Kier alpha value is -3.13. The summed E-state index contributed by atoms with van der Waals surface area (Å²) in [5, 5.41) is 9.72. The van der Waals surface area contributed by atoms with E-state index in [0.29, 0.717) is 19.5 Å². The van der Waals surface area contributed by atoms with Gasteiger partial charge in [-0.15, -0.1) is 0 Å². The Labute approximate surface area is 196 Å². The van der Waals surface area contributed by atoms with Gasteiger partial charge in [-0.1, -0.05) is 25.1 Å². The second kappa shape index (κ2) is 11.1. The minimum Gasteiger partial charge on any atom is -0.357 e. The molecule has 1 saturated heterocycles. The number of fused-ring (bicyclic) bond motifs is 1. The number of guanidine groups is 1. The predicted molar refractivity (Wildman–Crippen MR) is 134 cm³/mol. The summed E-state index contributed by atoms with van der Waals surface area (Å²) in [6, 6.07) is 12.2. The number of aliphatic imine (C=N–C) groups is 1. The number of rotatable bonds is 7. The zero-order valence-electron chi connectivity index (χ0n) is 19.7. The fourth-order valence-electron chi connectivity index (χ4n) is 4.44. The molecule has 3 N–H and O–H groups in total. The first-order valence-corrected chi connectivity index (χ1v) is 12.0. The standard InChI is InChI=1S/C25H35N7O/c1-3-26-25(29-18-20-16-24(33)30-22-8-6-5-7-21(20)22)28-17-19-9-10-27-23(15-19)32-13-11-31(4-2)12-14-32/h5-10,15,20H,3-4,11-14,16-18H2,1-2H3,(H,30,33)(H2,26,28,29). The SMILES string of the molecule is CCNC(=NCc1ccnc(N2CCN(CC)CC2)c1)NCC1CC(=O)Nc2ccccc21. The summed E-state index contributed by atoms with van der Waals surface area (Å²) in [7, 11) is 0. The van der Waals surface area contributed by atoms with Crippen LogP contribution in [0.25, 0.3) is 0 Å². The number of nitrogens with one attached hydrogen (secondary N) is 3. The molecular weight excluding hydrogens is 414 g/mol. The molecule has 1 unspecified atom stereocenters. The third-order valence-electron chi connectivity index (χ3n) is 6.34. The largest absolute Gasteiger partial charge is 0.357 e. The molecule has 2 aromatic rings. The smallest absolute Gasteiger partial charge is 0.225 e. The Bertz CT molecular complexity index is 969. The summed E-state index contributed by atoms with van der Waals surface area (Å²) < 4.78 is 0. The molecule has 1 fully saturated rings. The Morgan fingerprint density at radius 3 is 2.76 bits per heavy atom. The molecular formula is C25H35N7O. The molecule has 1 aromatic carbocycles. The van der Waals surface area contributed by atoms with Crippen LogP contribution >= 0.6 is 0 Å².